The van der Waals surface area contributed by atoms with Crippen LogP contribution in [0.3, 0.4) is 0 Å². The van der Waals surface area contributed by atoms with Crippen LogP contribution in [0.25, 0.3) is 0 Å². The van der Waals surface area contributed by atoms with E-state index < -0.39 is 12.3 Å². The Hall–Kier alpha value is -0.810. The first-order valence-corrected chi connectivity index (χ1v) is 4.71. The van der Waals surface area contributed by atoms with Crippen molar-refractivity contribution in [1.29, 1.82) is 5.26 Å². The maximum atomic E-state index is 12.4. The van der Waals surface area contributed by atoms with Crippen LogP contribution in [-0.2, 0) is 3.07 Å². The van der Waals surface area contributed by atoms with Crippen LogP contribution in [0, 0.1) is 11.3 Å². The fourth-order valence-corrected chi connectivity index (χ4v) is 1.64. The summed E-state index contributed by atoms with van der Waals surface area (Å²) < 4.78 is 41.6. The monoisotopic (exact) mass is 327 g/mol. The van der Waals surface area contributed by atoms with Crippen molar-refractivity contribution in [1.82, 2.24) is 0 Å². The predicted molar refractivity (Wildman–Crippen MR) is 55.1 cm³/mol. The van der Waals surface area contributed by atoms with E-state index in [1.54, 1.807) is 6.07 Å². The standard InChI is InChI=1S/C9H5F3INO/c10-9(11,12)8(15-13)7-3-1-2-6(4-7)5-14/h1-4,8H/t8-/m1/s1. The van der Waals surface area contributed by atoms with E-state index in [0.29, 0.717) is 0 Å². The lowest BCUT2D eigenvalue weighted by Gasteiger charge is -2.17. The molecule has 0 N–H and O–H groups in total. The van der Waals surface area contributed by atoms with Crippen LogP contribution in [-0.4, -0.2) is 6.18 Å². The Morgan fingerprint density at radius 2 is 2.07 bits per heavy atom. The SMILES string of the molecule is N#Cc1cccc([C@@H](OI)C(F)(F)F)c1. The van der Waals surface area contributed by atoms with Crippen LogP contribution in [0.1, 0.15) is 17.2 Å². The molecule has 80 valence electrons. The summed E-state index contributed by atoms with van der Waals surface area (Å²) in [5.41, 5.74) is 0.103. The zero-order valence-electron chi connectivity index (χ0n) is 7.25. The average Bonchev–Trinajstić information content (AvgIpc) is 2.17. The van der Waals surface area contributed by atoms with Crippen molar-refractivity contribution in [3.05, 3.63) is 35.4 Å². The summed E-state index contributed by atoms with van der Waals surface area (Å²) in [4.78, 5) is 0. The minimum absolute atomic E-state index is 0.0732. The minimum atomic E-state index is -4.48. The molecule has 0 aromatic heterocycles. The molecule has 0 saturated carbocycles. The maximum Gasteiger partial charge on any atom is 0.419 e. The molecular formula is C9H5F3INO. The molecule has 0 aliphatic heterocycles. The Kier molecular flexibility index (Phi) is 3.93. The molecule has 0 radical (unpaired) electrons. The number of nitriles is 1. The molecule has 6 heteroatoms. The van der Waals surface area contributed by atoms with Crippen LogP contribution in [0.2, 0.25) is 0 Å². The highest BCUT2D eigenvalue weighted by Gasteiger charge is 2.41. The first-order valence-electron chi connectivity index (χ1n) is 3.83. The summed E-state index contributed by atoms with van der Waals surface area (Å²) in [6.07, 6.45) is -6.47. The number of rotatable bonds is 2. The fourth-order valence-electron chi connectivity index (χ4n) is 1.06. The third-order valence-corrected chi connectivity index (χ3v) is 2.21. The lowest BCUT2D eigenvalue weighted by Crippen LogP contribution is -2.20. The highest BCUT2D eigenvalue weighted by Crippen LogP contribution is 2.37. The number of alkyl halides is 3. The quantitative estimate of drug-likeness (QED) is 0.779. The van der Waals surface area contributed by atoms with Crippen molar-refractivity contribution in [2.45, 2.75) is 12.3 Å². The van der Waals surface area contributed by atoms with Gasteiger partial charge in [-0.2, -0.15) is 18.4 Å². The molecule has 0 saturated heterocycles. The van der Waals surface area contributed by atoms with Crippen molar-refractivity contribution < 1.29 is 16.2 Å². The third kappa shape index (κ3) is 3.07. The molecule has 0 unspecified atom stereocenters. The zero-order chi connectivity index (χ0) is 11.5. The summed E-state index contributed by atoms with van der Waals surface area (Å²) in [5, 5.41) is 8.55. The van der Waals surface area contributed by atoms with Crippen molar-refractivity contribution in [2.24, 2.45) is 0 Å². The van der Waals surface area contributed by atoms with E-state index in [2.05, 4.69) is 3.07 Å². The van der Waals surface area contributed by atoms with Crippen LogP contribution >= 0.6 is 23.0 Å². The molecule has 0 fully saturated rings. The first kappa shape index (κ1) is 12.3. The first-order chi connectivity index (χ1) is 6.99. The Labute approximate surface area is 98.3 Å². The highest BCUT2D eigenvalue weighted by atomic mass is 127. The molecular weight excluding hydrogens is 322 g/mol. The van der Waals surface area contributed by atoms with Gasteiger partial charge >= 0.3 is 6.18 Å². The molecule has 0 aliphatic rings. The fraction of sp³-hybridized carbons (Fsp3) is 0.222. The second kappa shape index (κ2) is 4.81. The van der Waals surface area contributed by atoms with Gasteiger partial charge in [-0.1, -0.05) is 12.1 Å². The van der Waals surface area contributed by atoms with Gasteiger partial charge in [-0.15, -0.1) is 0 Å². The molecule has 1 aromatic carbocycles. The van der Waals surface area contributed by atoms with Gasteiger partial charge in [0.15, 0.2) is 6.10 Å². The number of hydrogen-bond acceptors (Lipinski definition) is 2. The van der Waals surface area contributed by atoms with Gasteiger partial charge in [0.05, 0.1) is 11.6 Å². The van der Waals surface area contributed by atoms with Gasteiger partial charge in [-0.3, -0.25) is 3.07 Å². The van der Waals surface area contributed by atoms with Gasteiger partial charge in [0.2, 0.25) is 0 Å². The molecule has 1 atom stereocenters. The van der Waals surface area contributed by atoms with E-state index >= 15 is 0 Å². The van der Waals surface area contributed by atoms with Crippen molar-refractivity contribution in [2.75, 3.05) is 0 Å². The molecule has 2 nitrogen and oxygen atoms in total. The van der Waals surface area contributed by atoms with Crippen molar-refractivity contribution >= 4 is 23.0 Å². The molecule has 0 aliphatic carbocycles. The molecule has 1 rings (SSSR count). The Bertz CT molecular complexity index is 386. The molecule has 0 amide bonds. The van der Waals surface area contributed by atoms with Gasteiger partial charge in [0, 0.05) is 0 Å². The van der Waals surface area contributed by atoms with E-state index in [4.69, 9.17) is 5.26 Å². The lowest BCUT2D eigenvalue weighted by atomic mass is 10.1. The predicted octanol–water partition coefficient (Wildman–Crippen LogP) is 3.53. The topological polar surface area (TPSA) is 33.0 Å². The van der Waals surface area contributed by atoms with Crippen LogP contribution < -0.4 is 0 Å². The Morgan fingerprint density at radius 3 is 2.53 bits per heavy atom. The van der Waals surface area contributed by atoms with E-state index in [-0.39, 0.29) is 11.1 Å². The largest absolute Gasteiger partial charge is 0.419 e. The summed E-state index contributed by atoms with van der Waals surface area (Å²) in [5.74, 6) is 0. The summed E-state index contributed by atoms with van der Waals surface area (Å²) >= 11 is 1.20. The summed E-state index contributed by atoms with van der Waals surface area (Å²) in [7, 11) is 0. The second-order valence-electron chi connectivity index (χ2n) is 2.75. The number of nitrogens with zero attached hydrogens (tertiary/aromatic N) is 1. The maximum absolute atomic E-state index is 12.4. The number of benzene rings is 1. The lowest BCUT2D eigenvalue weighted by molar-refractivity contribution is -0.189. The Morgan fingerprint density at radius 1 is 1.40 bits per heavy atom. The smallest absolute Gasteiger partial charge is 0.298 e. The zero-order valence-corrected chi connectivity index (χ0v) is 9.41. The normalized spacial score (nSPS) is 13.3. The minimum Gasteiger partial charge on any atom is -0.298 e. The van der Waals surface area contributed by atoms with Crippen molar-refractivity contribution in [3.63, 3.8) is 0 Å². The van der Waals surface area contributed by atoms with Gasteiger partial charge in [-0.25, -0.2) is 0 Å². The molecule has 0 spiro atoms. The summed E-state index contributed by atoms with van der Waals surface area (Å²) in [6.45, 7) is 0. The summed E-state index contributed by atoms with van der Waals surface area (Å²) in [6, 6.07) is 7.04. The average molecular weight is 327 g/mol. The number of hydrogen-bond donors (Lipinski definition) is 0. The van der Waals surface area contributed by atoms with E-state index in [1.807, 2.05) is 0 Å². The van der Waals surface area contributed by atoms with Crippen LogP contribution in [0.4, 0.5) is 13.2 Å². The van der Waals surface area contributed by atoms with Gasteiger partial charge < -0.3 is 0 Å². The second-order valence-corrected chi connectivity index (χ2v) is 3.26. The van der Waals surface area contributed by atoms with Crippen LogP contribution in [0.5, 0.6) is 0 Å². The molecule has 15 heavy (non-hydrogen) atoms. The van der Waals surface area contributed by atoms with E-state index in [9.17, 15) is 13.2 Å². The third-order valence-electron chi connectivity index (χ3n) is 1.70. The Balaban J connectivity index is 3.09. The van der Waals surface area contributed by atoms with Crippen molar-refractivity contribution in [3.8, 4) is 6.07 Å². The highest BCUT2D eigenvalue weighted by molar-refractivity contribution is 14.1. The van der Waals surface area contributed by atoms with E-state index in [0.717, 1.165) is 6.07 Å². The van der Waals surface area contributed by atoms with E-state index in [1.165, 1.54) is 41.2 Å². The molecule has 0 heterocycles. The number of halogens is 4. The molecule has 1 aromatic rings. The van der Waals surface area contributed by atoms with Gasteiger partial charge in [0.1, 0.15) is 23.0 Å². The van der Waals surface area contributed by atoms with Gasteiger partial charge in [0.25, 0.3) is 0 Å². The van der Waals surface area contributed by atoms with Gasteiger partial charge in [-0.05, 0) is 17.7 Å². The van der Waals surface area contributed by atoms with Crippen LogP contribution in [0.15, 0.2) is 24.3 Å². The molecule has 0 bridgehead atoms.